The van der Waals surface area contributed by atoms with Crippen molar-refractivity contribution in [1.82, 2.24) is 0 Å². The van der Waals surface area contributed by atoms with Crippen molar-refractivity contribution in [3.63, 3.8) is 0 Å². The zero-order valence-corrected chi connectivity index (χ0v) is 27.4. The van der Waals surface area contributed by atoms with Crippen LogP contribution in [-0.2, 0) is 56.8 Å². The summed E-state index contributed by atoms with van der Waals surface area (Å²) in [6, 6.07) is 7.26. The van der Waals surface area contributed by atoms with Crippen LogP contribution < -0.4 is 10.5 Å². The molecule has 0 spiro atoms. The molecule has 1 aromatic carbocycles. The Labute approximate surface area is 274 Å². The zero-order valence-electron chi connectivity index (χ0n) is 27.4. The van der Waals surface area contributed by atoms with Gasteiger partial charge in [0.2, 0.25) is 0 Å². The molecule has 14 nitrogen and oxygen atoms in total. The van der Waals surface area contributed by atoms with Crippen molar-refractivity contribution in [2.24, 2.45) is 0 Å². The molecule has 0 fully saturated rings. The lowest BCUT2D eigenvalue weighted by Crippen LogP contribution is -2.15. The van der Waals surface area contributed by atoms with Gasteiger partial charge in [-0.2, -0.15) is 0 Å². The van der Waals surface area contributed by atoms with Crippen LogP contribution in [-0.4, -0.2) is 159 Å². The van der Waals surface area contributed by atoms with Gasteiger partial charge >= 0.3 is 0 Å². The molecule has 46 heavy (non-hydrogen) atoms. The predicted octanol–water partition coefficient (Wildman–Crippen LogP) is 1.99. The highest BCUT2D eigenvalue weighted by atomic mass is 16.6. The summed E-state index contributed by atoms with van der Waals surface area (Å²) >= 11 is 0. The molecule has 1 aromatic rings. The fourth-order valence-corrected chi connectivity index (χ4v) is 3.27. The van der Waals surface area contributed by atoms with Crippen LogP contribution in [0.5, 0.6) is 5.75 Å². The molecule has 0 bridgehead atoms. The van der Waals surface area contributed by atoms with Crippen LogP contribution in [0.25, 0.3) is 0 Å². The van der Waals surface area contributed by atoms with Gasteiger partial charge in [-0.05, 0) is 24.3 Å². The van der Waals surface area contributed by atoms with Gasteiger partial charge in [0.25, 0.3) is 0 Å². The highest BCUT2D eigenvalue weighted by Gasteiger charge is 1.97. The largest absolute Gasteiger partial charge is 0.499 e. The van der Waals surface area contributed by atoms with Gasteiger partial charge < -0.3 is 67.3 Å². The molecule has 0 aromatic heterocycles. The average molecular weight is 664 g/mol. The Morgan fingerprint density at radius 3 is 0.870 bits per heavy atom. The van der Waals surface area contributed by atoms with Gasteiger partial charge in [-0.15, -0.1) is 0 Å². The van der Waals surface area contributed by atoms with E-state index < -0.39 is 0 Å². The van der Waals surface area contributed by atoms with Crippen LogP contribution in [0.1, 0.15) is 0 Å². The van der Waals surface area contributed by atoms with Crippen molar-refractivity contribution in [3.8, 4) is 5.75 Å². The molecule has 0 aliphatic heterocycles. The summed E-state index contributed by atoms with van der Waals surface area (Å²) in [6.07, 6.45) is 1.39. The number of anilines is 1. The van der Waals surface area contributed by atoms with E-state index in [1.807, 2.05) is 12.1 Å². The van der Waals surface area contributed by atoms with Crippen LogP contribution in [0, 0.1) is 0 Å². The van der Waals surface area contributed by atoms with Crippen LogP contribution >= 0.6 is 0 Å². The third kappa shape index (κ3) is 31.9. The van der Waals surface area contributed by atoms with Crippen molar-refractivity contribution in [2.45, 2.75) is 0 Å². The lowest BCUT2D eigenvalue weighted by molar-refractivity contribution is -0.0280. The van der Waals surface area contributed by atoms with Crippen LogP contribution in [0.3, 0.4) is 0 Å². The highest BCUT2D eigenvalue weighted by Crippen LogP contribution is 2.12. The Hall–Kier alpha value is -2.08. The summed E-state index contributed by atoms with van der Waals surface area (Å²) in [5.74, 6) is 0.771. The van der Waals surface area contributed by atoms with Crippen LogP contribution in [0.2, 0.25) is 0 Å². The van der Waals surface area contributed by atoms with E-state index in [1.165, 1.54) is 6.26 Å². The first-order chi connectivity index (χ1) is 22.8. The number of benzene rings is 1. The first-order valence-electron chi connectivity index (χ1n) is 15.9. The molecule has 14 heteroatoms. The summed E-state index contributed by atoms with van der Waals surface area (Å²) in [6.45, 7) is 15.6. The third-order valence-electron chi connectivity index (χ3n) is 5.56. The highest BCUT2D eigenvalue weighted by molar-refractivity contribution is 5.41. The smallest absolute Gasteiger partial charge is 0.119 e. The fourth-order valence-electron chi connectivity index (χ4n) is 3.27. The molecule has 0 amide bonds. The molecule has 0 aliphatic rings. The third-order valence-corrected chi connectivity index (χ3v) is 5.56. The monoisotopic (exact) mass is 663 g/mol. The van der Waals surface area contributed by atoms with Crippen LogP contribution in [0.15, 0.2) is 37.1 Å². The van der Waals surface area contributed by atoms with Crippen LogP contribution in [0.4, 0.5) is 5.69 Å². The summed E-state index contributed by atoms with van der Waals surface area (Å²) in [5.41, 5.74) is 6.35. The maximum atomic E-state index is 5.64. The molecular weight excluding hydrogens is 606 g/mol. The first kappa shape index (κ1) is 41.9. The minimum Gasteiger partial charge on any atom is -0.499 e. The molecular formula is C32H57NO13. The molecule has 2 N–H and O–H groups in total. The lowest BCUT2D eigenvalue weighted by Gasteiger charge is -2.09. The average Bonchev–Trinajstić information content (AvgIpc) is 3.07. The van der Waals surface area contributed by atoms with Crippen molar-refractivity contribution in [3.05, 3.63) is 37.1 Å². The fraction of sp³-hybridized carbons (Fsp3) is 0.750. The van der Waals surface area contributed by atoms with E-state index >= 15 is 0 Å². The normalized spacial score (nSPS) is 11.2. The van der Waals surface area contributed by atoms with E-state index in [0.29, 0.717) is 164 Å². The van der Waals surface area contributed by atoms with E-state index in [0.717, 1.165) is 5.75 Å². The second-order valence-electron chi connectivity index (χ2n) is 9.19. The minimum absolute atomic E-state index is 0.474. The van der Waals surface area contributed by atoms with Gasteiger partial charge in [0, 0.05) is 5.69 Å². The van der Waals surface area contributed by atoms with E-state index in [-0.39, 0.29) is 0 Å². The summed E-state index contributed by atoms with van der Waals surface area (Å²) < 4.78 is 70.4. The summed E-state index contributed by atoms with van der Waals surface area (Å²) in [5, 5.41) is 0. The second-order valence-corrected chi connectivity index (χ2v) is 9.19. The Balaban J connectivity index is 1.62. The van der Waals surface area contributed by atoms with Crippen molar-refractivity contribution < 1.29 is 61.6 Å². The van der Waals surface area contributed by atoms with Gasteiger partial charge in [0.15, 0.2) is 0 Å². The van der Waals surface area contributed by atoms with Crippen molar-refractivity contribution in [2.75, 3.05) is 164 Å². The molecule has 0 saturated heterocycles. The Morgan fingerprint density at radius 2 is 0.609 bits per heavy atom. The van der Waals surface area contributed by atoms with E-state index in [2.05, 4.69) is 6.58 Å². The number of rotatable bonds is 38. The van der Waals surface area contributed by atoms with E-state index in [1.54, 1.807) is 12.1 Å². The summed E-state index contributed by atoms with van der Waals surface area (Å²) in [4.78, 5) is 0. The molecule has 0 heterocycles. The number of nitrogens with two attached hydrogens (primary N) is 1. The predicted molar refractivity (Wildman–Crippen MR) is 172 cm³/mol. The molecule has 0 atom stereocenters. The summed E-state index contributed by atoms with van der Waals surface area (Å²) in [7, 11) is 0. The van der Waals surface area contributed by atoms with Gasteiger partial charge in [-0.3, -0.25) is 0 Å². The molecule has 0 aliphatic carbocycles. The van der Waals surface area contributed by atoms with Crippen molar-refractivity contribution >= 4 is 5.69 Å². The molecule has 0 radical (unpaired) electrons. The number of hydrogen-bond donors (Lipinski definition) is 1. The van der Waals surface area contributed by atoms with Crippen molar-refractivity contribution in [1.29, 1.82) is 0 Å². The molecule has 268 valence electrons. The lowest BCUT2D eigenvalue weighted by atomic mass is 10.3. The standard InChI is InChI=1S/C32H57NO13/c1-2-34-7-8-35-9-10-36-11-12-37-13-14-38-15-16-39-17-18-40-19-20-41-21-22-42-23-24-43-25-26-44-27-28-45-29-30-46-32-5-3-31(33)4-6-32/h2-6H,1,7-30,33H2. The maximum Gasteiger partial charge on any atom is 0.119 e. The quantitative estimate of drug-likeness (QED) is 0.0625. The van der Waals surface area contributed by atoms with Gasteiger partial charge in [-0.1, -0.05) is 6.58 Å². The SMILES string of the molecule is C=COCCOCCOCCOCCOCCOCCOCCOCCOCCOCCOCCOCCOc1ccc(N)cc1. The maximum absolute atomic E-state index is 5.64. The first-order valence-corrected chi connectivity index (χ1v) is 15.9. The number of nitrogen functional groups attached to an aromatic ring is 1. The minimum atomic E-state index is 0.474. The van der Waals surface area contributed by atoms with Gasteiger partial charge in [0.05, 0.1) is 152 Å². The van der Waals surface area contributed by atoms with Gasteiger partial charge in [-0.25, -0.2) is 0 Å². The number of ether oxygens (including phenoxy) is 13. The van der Waals surface area contributed by atoms with Gasteiger partial charge in [0.1, 0.15) is 19.0 Å². The Bertz CT molecular complexity index is 745. The molecule has 0 unspecified atom stereocenters. The molecule has 0 saturated carbocycles. The van der Waals surface area contributed by atoms with E-state index in [9.17, 15) is 0 Å². The zero-order chi connectivity index (χ0) is 32.9. The van der Waals surface area contributed by atoms with E-state index in [4.69, 9.17) is 67.3 Å². The topological polar surface area (TPSA) is 146 Å². The number of hydrogen-bond acceptors (Lipinski definition) is 14. The Kier molecular flexibility index (Phi) is 32.6. The Morgan fingerprint density at radius 1 is 0.370 bits per heavy atom. The second kappa shape index (κ2) is 35.8. The molecule has 1 rings (SSSR count).